The van der Waals surface area contributed by atoms with Crippen LogP contribution in [0.3, 0.4) is 0 Å². The van der Waals surface area contributed by atoms with E-state index in [2.05, 4.69) is 29.5 Å². The monoisotopic (exact) mass is 261 g/mol. The Kier molecular flexibility index (Phi) is 4.08. The molecular formula is C15H23N3O. The Balaban J connectivity index is 2.00. The summed E-state index contributed by atoms with van der Waals surface area (Å²) < 4.78 is 0. The molecule has 1 unspecified atom stereocenters. The van der Waals surface area contributed by atoms with E-state index in [1.807, 2.05) is 13.0 Å². The molecule has 1 aliphatic rings. The minimum atomic E-state index is -0.0666. The third-order valence-electron chi connectivity index (χ3n) is 3.94. The second-order valence-electron chi connectivity index (χ2n) is 5.87. The predicted octanol–water partition coefficient (Wildman–Crippen LogP) is 2.82. The van der Waals surface area contributed by atoms with Gasteiger partial charge in [0.1, 0.15) is 5.69 Å². The van der Waals surface area contributed by atoms with Crippen LogP contribution < -0.4 is 10.6 Å². The van der Waals surface area contributed by atoms with Gasteiger partial charge in [0.05, 0.1) is 11.9 Å². The van der Waals surface area contributed by atoms with Crippen molar-refractivity contribution < 1.29 is 4.79 Å². The minimum Gasteiger partial charge on any atom is -0.384 e. The Morgan fingerprint density at radius 3 is 2.79 bits per heavy atom. The van der Waals surface area contributed by atoms with Crippen molar-refractivity contribution in [1.29, 1.82) is 0 Å². The van der Waals surface area contributed by atoms with Gasteiger partial charge in [-0.1, -0.05) is 20.3 Å². The average Bonchev–Trinajstić information content (AvgIpc) is 2.70. The number of amides is 1. The number of rotatable bonds is 4. The molecule has 1 fully saturated rings. The van der Waals surface area contributed by atoms with Crippen molar-refractivity contribution in [3.8, 4) is 0 Å². The van der Waals surface area contributed by atoms with E-state index in [1.54, 1.807) is 12.3 Å². The summed E-state index contributed by atoms with van der Waals surface area (Å²) in [5.74, 6) is -0.0666. The Bertz CT molecular complexity index is 439. The Hall–Kier alpha value is -1.58. The van der Waals surface area contributed by atoms with Gasteiger partial charge in [-0.05, 0) is 37.3 Å². The lowest BCUT2D eigenvalue weighted by molar-refractivity contribution is 0.0905. The van der Waals surface area contributed by atoms with E-state index in [0.717, 1.165) is 18.7 Å². The zero-order valence-electron chi connectivity index (χ0n) is 12.0. The number of pyridine rings is 1. The molecule has 0 aliphatic heterocycles. The maximum Gasteiger partial charge on any atom is 0.270 e. The molecule has 1 aromatic heterocycles. The van der Waals surface area contributed by atoms with Gasteiger partial charge in [-0.3, -0.25) is 4.79 Å². The van der Waals surface area contributed by atoms with Crippen molar-refractivity contribution in [2.45, 2.75) is 46.1 Å². The first-order chi connectivity index (χ1) is 9.03. The van der Waals surface area contributed by atoms with Crippen molar-refractivity contribution >= 4 is 11.6 Å². The highest BCUT2D eigenvalue weighted by Gasteiger charge is 2.35. The van der Waals surface area contributed by atoms with E-state index >= 15 is 0 Å². The maximum atomic E-state index is 12.2. The molecule has 1 heterocycles. The van der Waals surface area contributed by atoms with Gasteiger partial charge in [0.25, 0.3) is 5.91 Å². The molecule has 1 aromatic rings. The molecule has 1 atom stereocenters. The molecule has 4 nitrogen and oxygen atoms in total. The fourth-order valence-electron chi connectivity index (χ4n) is 2.66. The number of nitrogens with zero attached hydrogens (tertiary/aromatic N) is 1. The maximum absolute atomic E-state index is 12.2. The average molecular weight is 261 g/mol. The molecule has 19 heavy (non-hydrogen) atoms. The summed E-state index contributed by atoms with van der Waals surface area (Å²) in [6, 6.07) is 3.93. The Morgan fingerprint density at radius 1 is 1.47 bits per heavy atom. The quantitative estimate of drug-likeness (QED) is 0.876. The standard InChI is InChI=1S/C15H23N3O/c1-4-16-11-7-8-12(17-10-11)14(19)18-13-6-5-9-15(13,2)3/h7-8,10,13,16H,4-6,9H2,1-3H3,(H,18,19). The summed E-state index contributed by atoms with van der Waals surface area (Å²) in [6.45, 7) is 7.31. The molecule has 1 aliphatic carbocycles. The molecule has 2 rings (SSSR count). The summed E-state index contributed by atoms with van der Waals surface area (Å²) in [5, 5.41) is 6.28. The number of hydrogen-bond acceptors (Lipinski definition) is 3. The van der Waals surface area contributed by atoms with Crippen LogP contribution in [0.4, 0.5) is 5.69 Å². The highest BCUT2D eigenvalue weighted by Crippen LogP contribution is 2.37. The zero-order valence-corrected chi connectivity index (χ0v) is 12.0. The van der Waals surface area contributed by atoms with Crippen molar-refractivity contribution in [2.75, 3.05) is 11.9 Å². The molecule has 104 valence electrons. The first-order valence-corrected chi connectivity index (χ1v) is 7.04. The van der Waals surface area contributed by atoms with Crippen molar-refractivity contribution in [2.24, 2.45) is 5.41 Å². The highest BCUT2D eigenvalue weighted by molar-refractivity contribution is 5.92. The smallest absolute Gasteiger partial charge is 0.270 e. The third kappa shape index (κ3) is 3.25. The molecule has 4 heteroatoms. The van der Waals surface area contributed by atoms with E-state index in [0.29, 0.717) is 5.69 Å². The van der Waals surface area contributed by atoms with Crippen LogP contribution >= 0.6 is 0 Å². The lowest BCUT2D eigenvalue weighted by Gasteiger charge is -2.27. The summed E-state index contributed by atoms with van der Waals surface area (Å²) in [6.07, 6.45) is 5.13. The second-order valence-corrected chi connectivity index (χ2v) is 5.87. The summed E-state index contributed by atoms with van der Waals surface area (Å²) in [7, 11) is 0. The molecular weight excluding hydrogens is 238 g/mol. The number of carbonyl (C=O) groups excluding carboxylic acids is 1. The topological polar surface area (TPSA) is 54.0 Å². The van der Waals surface area contributed by atoms with Gasteiger partial charge in [0.15, 0.2) is 0 Å². The first kappa shape index (κ1) is 13.8. The minimum absolute atomic E-state index is 0.0666. The van der Waals surface area contributed by atoms with Crippen molar-refractivity contribution in [3.63, 3.8) is 0 Å². The van der Waals surface area contributed by atoms with Gasteiger partial charge in [-0.15, -0.1) is 0 Å². The molecule has 0 bridgehead atoms. The molecule has 0 saturated heterocycles. The third-order valence-corrected chi connectivity index (χ3v) is 3.94. The summed E-state index contributed by atoms with van der Waals surface area (Å²) in [5.41, 5.74) is 1.63. The fourth-order valence-corrected chi connectivity index (χ4v) is 2.66. The number of aromatic nitrogens is 1. The van der Waals surface area contributed by atoms with Crippen LogP contribution in [0.15, 0.2) is 18.3 Å². The normalized spacial score (nSPS) is 21.1. The van der Waals surface area contributed by atoms with E-state index in [9.17, 15) is 4.79 Å². The number of nitrogens with one attached hydrogen (secondary N) is 2. The van der Waals surface area contributed by atoms with E-state index < -0.39 is 0 Å². The van der Waals surface area contributed by atoms with Crippen LogP contribution in [-0.4, -0.2) is 23.5 Å². The predicted molar refractivity (Wildman–Crippen MR) is 77.3 cm³/mol. The Morgan fingerprint density at radius 2 is 2.26 bits per heavy atom. The molecule has 1 saturated carbocycles. The largest absolute Gasteiger partial charge is 0.384 e. The van der Waals surface area contributed by atoms with Gasteiger partial charge in [-0.2, -0.15) is 0 Å². The van der Waals surface area contributed by atoms with Gasteiger partial charge >= 0.3 is 0 Å². The molecule has 1 amide bonds. The highest BCUT2D eigenvalue weighted by atomic mass is 16.1. The molecule has 2 N–H and O–H groups in total. The zero-order chi connectivity index (χ0) is 13.9. The van der Waals surface area contributed by atoms with Gasteiger partial charge in [-0.25, -0.2) is 4.98 Å². The summed E-state index contributed by atoms with van der Waals surface area (Å²) in [4.78, 5) is 16.4. The van der Waals surface area contributed by atoms with Gasteiger partial charge < -0.3 is 10.6 Å². The van der Waals surface area contributed by atoms with E-state index in [4.69, 9.17) is 0 Å². The van der Waals surface area contributed by atoms with Crippen LogP contribution in [0.25, 0.3) is 0 Å². The fraction of sp³-hybridized carbons (Fsp3) is 0.600. The number of hydrogen-bond donors (Lipinski definition) is 2. The number of anilines is 1. The SMILES string of the molecule is CCNc1ccc(C(=O)NC2CCCC2(C)C)nc1. The first-order valence-electron chi connectivity index (χ1n) is 7.04. The number of carbonyl (C=O) groups is 1. The molecule has 0 radical (unpaired) electrons. The van der Waals surface area contributed by atoms with Crippen LogP contribution in [0.1, 0.15) is 50.5 Å². The second kappa shape index (κ2) is 5.59. The lowest BCUT2D eigenvalue weighted by atomic mass is 9.87. The van der Waals surface area contributed by atoms with E-state index in [-0.39, 0.29) is 17.4 Å². The van der Waals surface area contributed by atoms with E-state index in [1.165, 1.54) is 12.8 Å². The molecule has 0 aromatic carbocycles. The van der Waals surface area contributed by atoms with Crippen LogP contribution in [-0.2, 0) is 0 Å². The summed E-state index contributed by atoms with van der Waals surface area (Å²) >= 11 is 0. The van der Waals surface area contributed by atoms with Crippen LogP contribution in [0, 0.1) is 5.41 Å². The van der Waals surface area contributed by atoms with Gasteiger partial charge in [0, 0.05) is 12.6 Å². The van der Waals surface area contributed by atoms with Crippen molar-refractivity contribution in [1.82, 2.24) is 10.3 Å². The lowest BCUT2D eigenvalue weighted by Crippen LogP contribution is -2.41. The Labute approximate surface area is 115 Å². The van der Waals surface area contributed by atoms with Crippen molar-refractivity contribution in [3.05, 3.63) is 24.0 Å². The van der Waals surface area contributed by atoms with Crippen LogP contribution in [0.2, 0.25) is 0 Å². The van der Waals surface area contributed by atoms with Crippen LogP contribution in [0.5, 0.6) is 0 Å². The molecule has 0 spiro atoms. The van der Waals surface area contributed by atoms with Gasteiger partial charge in [0.2, 0.25) is 0 Å².